The van der Waals surface area contributed by atoms with E-state index in [-0.39, 0.29) is 11.3 Å². The number of rotatable bonds is 3. The van der Waals surface area contributed by atoms with Crippen molar-refractivity contribution >= 4 is 48.8 Å². The van der Waals surface area contributed by atoms with Crippen LogP contribution in [0.1, 0.15) is 59.6 Å². The Balaban J connectivity index is 1.18. The fourth-order valence-corrected chi connectivity index (χ4v) is 9.55. The molecule has 10 rings (SSSR count). The van der Waals surface area contributed by atoms with Gasteiger partial charge in [0.15, 0.2) is 0 Å². The molecule has 4 nitrogen and oxygen atoms in total. The van der Waals surface area contributed by atoms with E-state index in [1.807, 2.05) is 17.5 Å². The number of aliphatic imine (C=N–C) groups is 2. The first-order valence-electron chi connectivity index (χ1n) is 16.9. The average Bonchev–Trinajstić information content (AvgIpc) is 3.53. The van der Waals surface area contributed by atoms with E-state index in [0.717, 1.165) is 46.0 Å². The predicted molar refractivity (Wildman–Crippen MR) is 204 cm³/mol. The van der Waals surface area contributed by atoms with Crippen molar-refractivity contribution in [2.24, 2.45) is 9.98 Å². The molecule has 3 heterocycles. The summed E-state index contributed by atoms with van der Waals surface area (Å²) < 4.78 is 2.56. The summed E-state index contributed by atoms with van der Waals surface area (Å²) in [7, 11) is 0. The summed E-state index contributed by atoms with van der Waals surface area (Å²) in [6.45, 7) is 4.70. The van der Waals surface area contributed by atoms with Gasteiger partial charge in [0.25, 0.3) is 0 Å². The molecule has 0 fully saturated rings. The Hall–Kier alpha value is -5.52. The first kappa shape index (κ1) is 28.5. The normalized spacial score (nSPS) is 17.3. The Kier molecular flexibility index (Phi) is 6.25. The van der Waals surface area contributed by atoms with Gasteiger partial charge in [-0.3, -0.25) is 0 Å². The Bertz CT molecular complexity index is 2590. The molecular weight excluding hydrogens is 617 g/mol. The minimum absolute atomic E-state index is 0.104. The van der Waals surface area contributed by atoms with Gasteiger partial charge in [0.2, 0.25) is 0 Å². The number of nitrogens with zero attached hydrogens (tertiary/aromatic N) is 4. The fraction of sp³-hybridized carbons (Fsp3) is 0.136. The van der Waals surface area contributed by atoms with Gasteiger partial charge in [-0.15, -0.1) is 11.3 Å². The number of allylic oxidation sites excluding steroid dienone is 1. The van der Waals surface area contributed by atoms with E-state index in [4.69, 9.17) is 15.0 Å². The molecule has 0 saturated heterocycles. The van der Waals surface area contributed by atoms with Crippen LogP contribution in [0.25, 0.3) is 48.3 Å². The molecule has 2 aromatic heterocycles. The van der Waals surface area contributed by atoms with Gasteiger partial charge in [0.05, 0.1) is 23.0 Å². The van der Waals surface area contributed by atoms with Crippen LogP contribution >= 0.6 is 11.3 Å². The summed E-state index contributed by atoms with van der Waals surface area (Å²) >= 11 is 1.84. The van der Waals surface area contributed by atoms with Gasteiger partial charge in [0, 0.05) is 54.9 Å². The molecule has 49 heavy (non-hydrogen) atoms. The lowest BCUT2D eigenvalue weighted by atomic mass is 9.73. The van der Waals surface area contributed by atoms with E-state index in [0.29, 0.717) is 6.42 Å². The number of benzene rings is 5. The minimum Gasteiger partial charge on any atom is -0.244 e. The number of amidine groups is 1. The fourth-order valence-electron chi connectivity index (χ4n) is 8.42. The third kappa shape index (κ3) is 4.28. The molecule has 1 aliphatic heterocycles. The monoisotopic (exact) mass is 648 g/mol. The van der Waals surface area contributed by atoms with Crippen molar-refractivity contribution < 1.29 is 0 Å². The van der Waals surface area contributed by atoms with Crippen LogP contribution in [0.5, 0.6) is 0 Å². The van der Waals surface area contributed by atoms with E-state index in [1.165, 1.54) is 53.6 Å². The Morgan fingerprint density at radius 2 is 1.53 bits per heavy atom. The van der Waals surface area contributed by atoms with Crippen LogP contribution in [-0.4, -0.2) is 21.5 Å². The van der Waals surface area contributed by atoms with Crippen LogP contribution in [0.15, 0.2) is 138 Å². The second-order valence-electron chi connectivity index (χ2n) is 13.7. The number of thiophene rings is 1. The summed E-state index contributed by atoms with van der Waals surface area (Å²) in [5.41, 5.74) is 14.1. The van der Waals surface area contributed by atoms with Crippen molar-refractivity contribution in [3.05, 3.63) is 161 Å². The number of hydrogen-bond acceptors (Lipinski definition) is 5. The van der Waals surface area contributed by atoms with Crippen LogP contribution in [0.2, 0.25) is 0 Å². The summed E-state index contributed by atoms with van der Waals surface area (Å²) in [5, 5.41) is 2.53. The molecule has 7 aromatic rings. The van der Waals surface area contributed by atoms with Gasteiger partial charge in [-0.1, -0.05) is 117 Å². The summed E-state index contributed by atoms with van der Waals surface area (Å²) in [5.74, 6) is 0.705. The zero-order valence-corrected chi connectivity index (χ0v) is 28.1. The van der Waals surface area contributed by atoms with Gasteiger partial charge < -0.3 is 0 Å². The van der Waals surface area contributed by atoms with E-state index < -0.39 is 0 Å². The summed E-state index contributed by atoms with van der Waals surface area (Å²) in [6, 6.07) is 39.3. The first-order chi connectivity index (χ1) is 24.1. The molecule has 0 amide bonds. The maximum Gasteiger partial charge on any atom is 0.137 e. The van der Waals surface area contributed by atoms with Crippen molar-refractivity contribution in [1.82, 2.24) is 9.97 Å². The van der Waals surface area contributed by atoms with Crippen molar-refractivity contribution in [2.45, 2.75) is 38.0 Å². The lowest BCUT2D eigenvalue weighted by Gasteiger charge is -2.31. The second-order valence-corrected chi connectivity index (χ2v) is 14.8. The topological polar surface area (TPSA) is 50.5 Å². The molecule has 5 heteroatoms. The van der Waals surface area contributed by atoms with E-state index in [9.17, 15) is 0 Å². The van der Waals surface area contributed by atoms with Gasteiger partial charge >= 0.3 is 0 Å². The Morgan fingerprint density at radius 3 is 2.45 bits per heavy atom. The molecule has 2 aliphatic carbocycles. The molecule has 1 unspecified atom stereocenters. The van der Waals surface area contributed by atoms with Crippen LogP contribution < -0.4 is 0 Å². The molecule has 0 spiro atoms. The maximum absolute atomic E-state index is 5.53. The molecule has 3 aliphatic rings. The molecule has 0 bridgehead atoms. The van der Waals surface area contributed by atoms with Crippen LogP contribution in [0.4, 0.5) is 0 Å². The lowest BCUT2D eigenvalue weighted by Crippen LogP contribution is -2.24. The zero-order valence-electron chi connectivity index (χ0n) is 27.3. The average molecular weight is 649 g/mol. The molecule has 0 saturated carbocycles. The van der Waals surface area contributed by atoms with Crippen LogP contribution in [0.3, 0.4) is 0 Å². The predicted octanol–water partition coefficient (Wildman–Crippen LogP) is 10.8. The standard InChI is InChI=1S/C44H32N4S/c1-44(2)34-16-8-6-13-28(34)29-20-19-27-23-32(33-24-45-25-46-42(33)39(27)41(29)44)43-47-35(26-11-4-3-5-12-26)21-22-36(48-43)30-15-10-18-38-40(30)31-14-7-9-17-37(31)49-38/h3-20,22,24-25,32H,21,23H2,1-2H3. The zero-order chi connectivity index (χ0) is 32.7. The first-order valence-corrected chi connectivity index (χ1v) is 17.8. The number of fused-ring (bicyclic) bond motifs is 10. The van der Waals surface area contributed by atoms with Gasteiger partial charge in [-0.2, -0.15) is 0 Å². The molecule has 5 aromatic carbocycles. The molecule has 0 radical (unpaired) electrons. The van der Waals surface area contributed by atoms with E-state index >= 15 is 0 Å². The Morgan fingerprint density at radius 1 is 0.735 bits per heavy atom. The molecule has 1 atom stereocenters. The van der Waals surface area contributed by atoms with Crippen LogP contribution in [-0.2, 0) is 11.8 Å². The van der Waals surface area contributed by atoms with Crippen molar-refractivity contribution in [3.63, 3.8) is 0 Å². The van der Waals surface area contributed by atoms with Gasteiger partial charge in [0.1, 0.15) is 12.2 Å². The van der Waals surface area contributed by atoms with Gasteiger partial charge in [-0.05, 0) is 51.9 Å². The third-order valence-electron chi connectivity index (χ3n) is 10.7. The lowest BCUT2D eigenvalue weighted by molar-refractivity contribution is 0.658. The Labute approximate surface area is 289 Å². The van der Waals surface area contributed by atoms with Crippen molar-refractivity contribution in [2.75, 3.05) is 0 Å². The minimum atomic E-state index is -0.150. The summed E-state index contributed by atoms with van der Waals surface area (Å²) in [6.07, 6.45) is 7.43. The SMILES string of the molecule is CC1(C)c2ccccc2-c2ccc3c(c21)-c1ncncc1C(C1=NC(c2cccc4sc5ccccc5c24)=CCC(c2ccccc2)=N1)C3. The molecule has 0 N–H and O–H groups in total. The van der Waals surface area contributed by atoms with Crippen LogP contribution in [0, 0.1) is 0 Å². The highest BCUT2D eigenvalue weighted by atomic mass is 32.1. The smallest absolute Gasteiger partial charge is 0.137 e. The van der Waals surface area contributed by atoms with E-state index in [2.05, 4.69) is 134 Å². The highest BCUT2D eigenvalue weighted by Crippen LogP contribution is 2.55. The number of hydrogen-bond donors (Lipinski definition) is 0. The highest BCUT2D eigenvalue weighted by Gasteiger charge is 2.41. The van der Waals surface area contributed by atoms with Crippen molar-refractivity contribution in [3.8, 4) is 22.4 Å². The molecular formula is C44H32N4S. The maximum atomic E-state index is 5.53. The number of aromatic nitrogens is 2. The quantitative estimate of drug-likeness (QED) is 0.191. The van der Waals surface area contributed by atoms with Crippen molar-refractivity contribution in [1.29, 1.82) is 0 Å². The van der Waals surface area contributed by atoms with E-state index in [1.54, 1.807) is 6.33 Å². The molecule has 234 valence electrons. The highest BCUT2D eigenvalue weighted by molar-refractivity contribution is 7.25. The second kappa shape index (κ2) is 10.7. The van der Waals surface area contributed by atoms with Gasteiger partial charge in [-0.25, -0.2) is 20.0 Å². The summed E-state index contributed by atoms with van der Waals surface area (Å²) in [4.78, 5) is 20.6. The third-order valence-corrected chi connectivity index (χ3v) is 11.8. The largest absolute Gasteiger partial charge is 0.244 e.